The maximum absolute atomic E-state index is 13.0. The highest BCUT2D eigenvalue weighted by Gasteiger charge is 2.14. The van der Waals surface area contributed by atoms with Gasteiger partial charge in [-0.25, -0.2) is 4.98 Å². The molecule has 9 nitrogen and oxygen atoms in total. The van der Waals surface area contributed by atoms with Crippen LogP contribution >= 0.6 is 11.3 Å². The molecule has 2 aromatic carbocycles. The van der Waals surface area contributed by atoms with Crippen LogP contribution in [0.3, 0.4) is 0 Å². The third-order valence-electron chi connectivity index (χ3n) is 5.42. The number of hydrogen-bond acceptors (Lipinski definition) is 8. The Hall–Kier alpha value is -3.50. The topological polar surface area (TPSA) is 101 Å². The van der Waals surface area contributed by atoms with Crippen LogP contribution in [0.4, 0.5) is 10.8 Å². The molecule has 0 radical (unpaired) electrons. The van der Waals surface area contributed by atoms with E-state index in [1.54, 1.807) is 25.3 Å². The molecule has 33 heavy (non-hydrogen) atoms. The highest BCUT2D eigenvalue weighted by atomic mass is 32.1. The molecule has 0 spiro atoms. The van der Waals surface area contributed by atoms with Crippen molar-refractivity contribution in [3.05, 3.63) is 58.4 Å². The van der Waals surface area contributed by atoms with Gasteiger partial charge in [0.15, 0.2) is 0 Å². The van der Waals surface area contributed by atoms with E-state index >= 15 is 0 Å². The number of nitrogens with one attached hydrogen (secondary N) is 2. The van der Waals surface area contributed by atoms with Crippen LogP contribution in [0.1, 0.15) is 24.2 Å². The standard InChI is InChI=1S/C23H26N6O3S/c1-4-28(5-2)13-12-24-20(30)15-10-11-16-18(14-15)26-23-29(21(16)31)27-22(33-23)25-17-8-6-7-9-19(17)32-3/h6-11,14H,4-5,12-13H2,1-3H3,(H,24,30)(H,25,27). The van der Waals surface area contributed by atoms with Gasteiger partial charge >= 0.3 is 0 Å². The molecule has 0 fully saturated rings. The summed E-state index contributed by atoms with van der Waals surface area (Å²) < 4.78 is 6.63. The lowest BCUT2D eigenvalue weighted by Gasteiger charge is -2.17. The first-order chi connectivity index (χ1) is 16.0. The number of nitrogens with zero attached hydrogens (tertiary/aromatic N) is 4. The van der Waals surface area contributed by atoms with Gasteiger partial charge < -0.3 is 20.3 Å². The van der Waals surface area contributed by atoms with E-state index in [-0.39, 0.29) is 11.5 Å². The summed E-state index contributed by atoms with van der Waals surface area (Å²) in [4.78, 5) is 32.8. The van der Waals surface area contributed by atoms with Gasteiger partial charge in [0.2, 0.25) is 10.1 Å². The summed E-state index contributed by atoms with van der Waals surface area (Å²) in [7, 11) is 1.59. The molecule has 10 heteroatoms. The van der Waals surface area contributed by atoms with E-state index in [9.17, 15) is 9.59 Å². The Morgan fingerprint density at radius 3 is 2.73 bits per heavy atom. The number of fused-ring (bicyclic) bond motifs is 2. The molecule has 4 rings (SSSR count). The van der Waals surface area contributed by atoms with Crippen LogP contribution in [0, 0.1) is 0 Å². The van der Waals surface area contributed by atoms with E-state index in [1.165, 1.54) is 15.9 Å². The largest absolute Gasteiger partial charge is 0.495 e. The number of benzene rings is 2. The minimum Gasteiger partial charge on any atom is -0.495 e. The Kier molecular flexibility index (Phi) is 6.85. The minimum absolute atomic E-state index is 0.186. The van der Waals surface area contributed by atoms with Crippen LogP contribution in [0.2, 0.25) is 0 Å². The third kappa shape index (κ3) is 4.81. The molecule has 0 atom stereocenters. The fraction of sp³-hybridized carbons (Fsp3) is 0.304. The van der Waals surface area contributed by atoms with Gasteiger partial charge in [-0.1, -0.05) is 37.3 Å². The number of likely N-dealkylation sites (N-methyl/N-ethyl adjacent to an activating group) is 1. The Morgan fingerprint density at radius 1 is 1.18 bits per heavy atom. The monoisotopic (exact) mass is 466 g/mol. The maximum atomic E-state index is 13.0. The number of anilines is 2. The second-order valence-electron chi connectivity index (χ2n) is 7.36. The lowest BCUT2D eigenvalue weighted by Crippen LogP contribution is -2.34. The number of aromatic nitrogens is 3. The number of carbonyl (C=O) groups excluding carboxylic acids is 1. The zero-order valence-corrected chi connectivity index (χ0v) is 19.6. The highest BCUT2D eigenvalue weighted by molar-refractivity contribution is 7.20. The molecule has 2 aromatic heterocycles. The fourth-order valence-electron chi connectivity index (χ4n) is 3.53. The van der Waals surface area contributed by atoms with E-state index < -0.39 is 0 Å². The van der Waals surface area contributed by atoms with E-state index in [1.807, 2.05) is 24.3 Å². The van der Waals surface area contributed by atoms with Crippen molar-refractivity contribution in [2.75, 3.05) is 38.6 Å². The van der Waals surface area contributed by atoms with Crippen LogP contribution in [-0.4, -0.2) is 58.7 Å². The van der Waals surface area contributed by atoms with Crippen molar-refractivity contribution in [1.82, 2.24) is 24.8 Å². The molecule has 0 unspecified atom stereocenters. The Bertz CT molecular complexity index is 1350. The first-order valence-electron chi connectivity index (χ1n) is 10.8. The fourth-order valence-corrected chi connectivity index (χ4v) is 4.34. The predicted octanol–water partition coefficient (Wildman–Crippen LogP) is 3.13. The number of hydrogen-bond donors (Lipinski definition) is 2. The molecule has 172 valence electrons. The van der Waals surface area contributed by atoms with E-state index in [2.05, 4.69) is 39.5 Å². The third-order valence-corrected chi connectivity index (χ3v) is 6.24. The van der Waals surface area contributed by atoms with Gasteiger partial charge in [-0.05, 0) is 43.4 Å². The van der Waals surface area contributed by atoms with Crippen molar-refractivity contribution in [2.24, 2.45) is 0 Å². The van der Waals surface area contributed by atoms with Gasteiger partial charge in [0.25, 0.3) is 11.5 Å². The summed E-state index contributed by atoms with van der Waals surface area (Å²) in [5.74, 6) is 0.479. The molecule has 0 aliphatic carbocycles. The van der Waals surface area contributed by atoms with E-state index in [0.29, 0.717) is 38.9 Å². The first-order valence-corrected chi connectivity index (χ1v) is 11.6. The average molecular weight is 467 g/mol. The SMILES string of the molecule is CCN(CC)CCNC(=O)c1ccc2c(=O)n3nc(Nc4ccccc4OC)sc3nc2c1. The van der Waals surface area contributed by atoms with Crippen molar-refractivity contribution < 1.29 is 9.53 Å². The van der Waals surface area contributed by atoms with Crippen LogP contribution in [-0.2, 0) is 0 Å². The summed E-state index contributed by atoms with van der Waals surface area (Å²) in [5, 5.41) is 11.4. The summed E-state index contributed by atoms with van der Waals surface area (Å²) in [6, 6.07) is 12.4. The quantitative estimate of drug-likeness (QED) is 0.391. The van der Waals surface area contributed by atoms with Gasteiger partial charge in [0, 0.05) is 18.7 Å². The number of methoxy groups -OCH3 is 1. The van der Waals surface area contributed by atoms with Gasteiger partial charge in [-0.2, -0.15) is 4.52 Å². The normalized spacial score (nSPS) is 11.3. The van der Waals surface area contributed by atoms with E-state index in [0.717, 1.165) is 25.3 Å². The lowest BCUT2D eigenvalue weighted by molar-refractivity contribution is 0.0949. The van der Waals surface area contributed by atoms with Crippen LogP contribution in [0.15, 0.2) is 47.3 Å². The highest BCUT2D eigenvalue weighted by Crippen LogP contribution is 2.29. The molecule has 1 amide bonds. The Labute approximate surface area is 195 Å². The molecule has 0 bridgehead atoms. The molecular formula is C23H26N6O3S. The van der Waals surface area contributed by atoms with Crippen LogP contribution in [0.25, 0.3) is 15.9 Å². The number of rotatable bonds is 9. The van der Waals surface area contributed by atoms with Gasteiger partial charge in [-0.3, -0.25) is 9.59 Å². The maximum Gasteiger partial charge on any atom is 0.283 e. The zero-order chi connectivity index (χ0) is 23.4. The number of carbonyl (C=O) groups is 1. The molecule has 0 aliphatic heterocycles. The minimum atomic E-state index is -0.284. The zero-order valence-electron chi connectivity index (χ0n) is 18.8. The summed E-state index contributed by atoms with van der Waals surface area (Å²) in [5.41, 5.74) is 1.38. The first kappa shape index (κ1) is 22.7. The molecular weight excluding hydrogens is 440 g/mol. The molecule has 0 saturated carbocycles. The average Bonchev–Trinajstić information content (AvgIpc) is 3.24. The van der Waals surface area contributed by atoms with Crippen molar-refractivity contribution >= 4 is 43.9 Å². The van der Waals surface area contributed by atoms with Crippen molar-refractivity contribution in [3.8, 4) is 5.75 Å². The Balaban J connectivity index is 1.59. The van der Waals surface area contributed by atoms with Crippen LogP contribution < -0.4 is 20.9 Å². The second kappa shape index (κ2) is 9.97. The van der Waals surface area contributed by atoms with Gasteiger partial charge in [-0.15, -0.1) is 5.10 Å². The van der Waals surface area contributed by atoms with Gasteiger partial charge in [0.05, 0.1) is 23.7 Å². The van der Waals surface area contributed by atoms with Gasteiger partial charge in [0.1, 0.15) is 5.75 Å². The molecule has 4 aromatic rings. The van der Waals surface area contributed by atoms with E-state index in [4.69, 9.17) is 4.74 Å². The number of amides is 1. The van der Waals surface area contributed by atoms with Crippen molar-refractivity contribution in [3.63, 3.8) is 0 Å². The summed E-state index contributed by atoms with van der Waals surface area (Å²) >= 11 is 1.24. The molecule has 0 aliphatic rings. The number of ether oxygens (including phenoxy) is 1. The van der Waals surface area contributed by atoms with Crippen molar-refractivity contribution in [2.45, 2.75) is 13.8 Å². The lowest BCUT2D eigenvalue weighted by atomic mass is 10.1. The van der Waals surface area contributed by atoms with Crippen molar-refractivity contribution in [1.29, 1.82) is 0 Å². The smallest absolute Gasteiger partial charge is 0.283 e. The second-order valence-corrected chi connectivity index (χ2v) is 8.31. The number of para-hydroxylation sites is 2. The molecule has 0 saturated heterocycles. The van der Waals surface area contributed by atoms with Crippen LogP contribution in [0.5, 0.6) is 5.75 Å². The summed E-state index contributed by atoms with van der Waals surface area (Å²) in [6.45, 7) is 7.41. The Morgan fingerprint density at radius 2 is 1.97 bits per heavy atom. The molecule has 2 heterocycles. The summed E-state index contributed by atoms with van der Waals surface area (Å²) in [6.07, 6.45) is 0. The predicted molar refractivity (Wildman–Crippen MR) is 131 cm³/mol. The molecule has 2 N–H and O–H groups in total.